The Kier molecular flexibility index (Phi) is 6.42. The summed E-state index contributed by atoms with van der Waals surface area (Å²) in [7, 11) is -3.47. The zero-order valence-corrected chi connectivity index (χ0v) is 18.9. The Bertz CT molecular complexity index is 865. The number of rotatable bonds is 6. The van der Waals surface area contributed by atoms with Crippen LogP contribution in [0.1, 0.15) is 52.7 Å². The number of hydrogen-bond acceptors (Lipinski definition) is 6. The number of nitrogens with one attached hydrogen (secondary N) is 1. The van der Waals surface area contributed by atoms with E-state index in [1.165, 1.54) is 30.6 Å². The summed E-state index contributed by atoms with van der Waals surface area (Å²) < 4.78 is 28.4. The molecule has 0 unspecified atom stereocenters. The van der Waals surface area contributed by atoms with Crippen molar-refractivity contribution in [2.45, 2.75) is 62.6 Å². The van der Waals surface area contributed by atoms with E-state index in [2.05, 4.69) is 47.7 Å². The van der Waals surface area contributed by atoms with E-state index in [1.54, 1.807) is 17.4 Å². The quantitative estimate of drug-likeness (QED) is 0.746. The molecule has 2 aromatic rings. The third kappa shape index (κ3) is 5.17. The summed E-state index contributed by atoms with van der Waals surface area (Å²) in [5.41, 5.74) is 1.91. The summed E-state index contributed by atoms with van der Waals surface area (Å²) in [5, 5.41) is 4.81. The average molecular weight is 428 g/mol. The van der Waals surface area contributed by atoms with E-state index in [0.717, 1.165) is 29.4 Å². The van der Waals surface area contributed by atoms with Gasteiger partial charge in [0.1, 0.15) is 9.22 Å². The van der Waals surface area contributed by atoms with Crippen LogP contribution in [-0.2, 0) is 15.4 Å². The number of thiazole rings is 1. The van der Waals surface area contributed by atoms with Crippen molar-refractivity contribution in [1.82, 2.24) is 14.6 Å². The van der Waals surface area contributed by atoms with Crippen molar-refractivity contribution in [1.29, 1.82) is 0 Å². The van der Waals surface area contributed by atoms with Crippen LogP contribution in [0.5, 0.6) is 0 Å². The second kappa shape index (κ2) is 8.29. The minimum Gasteiger partial charge on any atom is -0.299 e. The van der Waals surface area contributed by atoms with Gasteiger partial charge in [0.2, 0.25) is 10.0 Å². The Labute approximate surface area is 170 Å². The zero-order chi connectivity index (χ0) is 19.7. The van der Waals surface area contributed by atoms with Gasteiger partial charge in [-0.25, -0.2) is 18.1 Å². The zero-order valence-electron chi connectivity index (χ0n) is 16.5. The maximum atomic E-state index is 12.6. The maximum absolute atomic E-state index is 12.6. The number of nitrogens with zero attached hydrogens (tertiary/aromatic N) is 2. The predicted molar refractivity (Wildman–Crippen MR) is 114 cm³/mol. The van der Waals surface area contributed by atoms with Crippen molar-refractivity contribution in [2.75, 3.05) is 19.6 Å². The summed E-state index contributed by atoms with van der Waals surface area (Å²) in [5.74, 6) is 0. The highest BCUT2D eigenvalue weighted by molar-refractivity contribution is 7.91. The predicted octanol–water partition coefficient (Wildman–Crippen LogP) is 4.32. The molecule has 8 heteroatoms. The fraction of sp³-hybridized carbons (Fsp3) is 0.632. The number of piperidine rings is 1. The van der Waals surface area contributed by atoms with Gasteiger partial charge in [0, 0.05) is 40.9 Å². The van der Waals surface area contributed by atoms with Crippen LogP contribution in [0, 0.1) is 0 Å². The third-order valence-corrected chi connectivity index (χ3v) is 8.78. The van der Waals surface area contributed by atoms with E-state index < -0.39 is 10.0 Å². The summed E-state index contributed by atoms with van der Waals surface area (Å²) in [6.45, 7) is 10.9. The lowest BCUT2D eigenvalue weighted by Gasteiger charge is -2.33. The van der Waals surface area contributed by atoms with Crippen LogP contribution < -0.4 is 4.72 Å². The molecule has 1 saturated heterocycles. The highest BCUT2D eigenvalue weighted by Crippen LogP contribution is 2.33. The van der Waals surface area contributed by atoms with E-state index >= 15 is 0 Å². The van der Waals surface area contributed by atoms with Gasteiger partial charge in [0.15, 0.2) is 0 Å². The number of hydrogen-bond donors (Lipinski definition) is 1. The molecule has 1 N–H and O–H groups in total. The molecule has 0 radical (unpaired) electrons. The Balaban J connectivity index is 1.63. The third-order valence-electron chi connectivity index (χ3n) is 4.99. The van der Waals surface area contributed by atoms with Gasteiger partial charge >= 0.3 is 0 Å². The SMILES string of the molecule is C[C@H]1CCCCN1CCNS(=O)(=O)c1cc(-c2nc(C(C)(C)C)cs2)cs1. The van der Waals surface area contributed by atoms with E-state index in [1.807, 2.05) is 5.38 Å². The molecule has 0 aromatic carbocycles. The summed E-state index contributed by atoms with van der Waals surface area (Å²) in [4.78, 5) is 7.05. The Morgan fingerprint density at radius 3 is 2.70 bits per heavy atom. The van der Waals surface area contributed by atoms with E-state index in [0.29, 0.717) is 16.8 Å². The minimum atomic E-state index is -3.47. The normalized spacial score (nSPS) is 19.5. The first-order valence-corrected chi connectivity index (χ1v) is 12.7. The van der Waals surface area contributed by atoms with Gasteiger partial charge in [-0.15, -0.1) is 22.7 Å². The van der Waals surface area contributed by atoms with Crippen LogP contribution in [-0.4, -0.2) is 44.0 Å². The highest BCUT2D eigenvalue weighted by Gasteiger charge is 2.22. The maximum Gasteiger partial charge on any atom is 0.250 e. The van der Waals surface area contributed by atoms with Crippen molar-refractivity contribution in [3.05, 3.63) is 22.5 Å². The lowest BCUT2D eigenvalue weighted by Crippen LogP contribution is -2.42. The van der Waals surface area contributed by atoms with Crippen molar-refractivity contribution in [3.63, 3.8) is 0 Å². The molecule has 0 saturated carbocycles. The van der Waals surface area contributed by atoms with Crippen LogP contribution >= 0.6 is 22.7 Å². The first-order valence-electron chi connectivity index (χ1n) is 9.45. The monoisotopic (exact) mass is 427 g/mol. The first kappa shape index (κ1) is 20.9. The lowest BCUT2D eigenvalue weighted by atomic mass is 9.93. The fourth-order valence-electron chi connectivity index (χ4n) is 3.20. The van der Waals surface area contributed by atoms with Gasteiger partial charge in [-0.05, 0) is 32.4 Å². The molecule has 0 spiro atoms. The Morgan fingerprint density at radius 2 is 2.04 bits per heavy atom. The second-order valence-corrected chi connectivity index (χ2v) is 12.0. The number of thiophene rings is 1. The molecule has 0 amide bonds. The van der Waals surface area contributed by atoms with E-state index in [9.17, 15) is 8.42 Å². The summed E-state index contributed by atoms with van der Waals surface area (Å²) >= 11 is 2.82. The van der Waals surface area contributed by atoms with Crippen molar-refractivity contribution < 1.29 is 8.42 Å². The van der Waals surface area contributed by atoms with Crippen molar-refractivity contribution in [3.8, 4) is 10.6 Å². The van der Waals surface area contributed by atoms with E-state index in [-0.39, 0.29) is 5.41 Å². The topological polar surface area (TPSA) is 62.3 Å². The summed E-state index contributed by atoms with van der Waals surface area (Å²) in [6.07, 6.45) is 3.68. The molecule has 3 heterocycles. The molecule has 27 heavy (non-hydrogen) atoms. The fourth-order valence-corrected chi connectivity index (χ4v) is 6.54. The molecule has 0 aliphatic carbocycles. The first-order chi connectivity index (χ1) is 12.7. The van der Waals surface area contributed by atoms with Crippen LogP contribution in [0.3, 0.4) is 0 Å². The molecule has 1 atom stereocenters. The van der Waals surface area contributed by atoms with E-state index in [4.69, 9.17) is 0 Å². The summed E-state index contributed by atoms with van der Waals surface area (Å²) in [6, 6.07) is 2.28. The number of likely N-dealkylation sites (tertiary alicyclic amines) is 1. The van der Waals surface area contributed by atoms with Gasteiger partial charge in [0.05, 0.1) is 5.69 Å². The molecule has 1 aliphatic heterocycles. The lowest BCUT2D eigenvalue weighted by molar-refractivity contribution is 0.164. The van der Waals surface area contributed by atoms with Crippen LogP contribution in [0.2, 0.25) is 0 Å². The smallest absolute Gasteiger partial charge is 0.250 e. The molecule has 3 rings (SSSR count). The molecule has 5 nitrogen and oxygen atoms in total. The van der Waals surface area contributed by atoms with Crippen molar-refractivity contribution in [2.24, 2.45) is 0 Å². The van der Waals surface area contributed by atoms with Gasteiger partial charge in [-0.3, -0.25) is 4.90 Å². The molecule has 150 valence electrons. The molecular formula is C19H29N3O2S3. The van der Waals surface area contributed by atoms with Gasteiger partial charge < -0.3 is 0 Å². The van der Waals surface area contributed by atoms with Gasteiger partial charge in [-0.2, -0.15) is 0 Å². The number of aromatic nitrogens is 1. The molecule has 1 aliphatic rings. The Morgan fingerprint density at radius 1 is 1.26 bits per heavy atom. The van der Waals surface area contributed by atoms with Crippen LogP contribution in [0.25, 0.3) is 10.6 Å². The Hall–Kier alpha value is -0.800. The molecular weight excluding hydrogens is 398 g/mol. The highest BCUT2D eigenvalue weighted by atomic mass is 32.2. The van der Waals surface area contributed by atoms with Crippen LogP contribution in [0.4, 0.5) is 0 Å². The standard InChI is InChI=1S/C19H29N3O2S3/c1-14-7-5-6-9-22(14)10-8-20-27(23,24)17-11-15(12-25-17)18-21-16(13-26-18)19(2,3)4/h11-14,20H,5-10H2,1-4H3/t14-/m0/s1. The molecule has 0 bridgehead atoms. The van der Waals surface area contributed by atoms with Crippen LogP contribution in [0.15, 0.2) is 21.0 Å². The van der Waals surface area contributed by atoms with Gasteiger partial charge in [-0.1, -0.05) is 27.2 Å². The minimum absolute atomic E-state index is 0.00712. The molecule has 2 aromatic heterocycles. The van der Waals surface area contributed by atoms with Crippen molar-refractivity contribution >= 4 is 32.7 Å². The van der Waals surface area contributed by atoms with Gasteiger partial charge in [0.25, 0.3) is 0 Å². The largest absolute Gasteiger partial charge is 0.299 e. The average Bonchev–Trinajstić information content (AvgIpc) is 3.25. The number of sulfonamides is 1. The second-order valence-electron chi connectivity index (χ2n) is 8.22. The molecule has 1 fully saturated rings.